The number of sulfonamides is 1. The molecule has 5 rings (SSSR count). The Morgan fingerprint density at radius 2 is 1.95 bits per heavy atom. The number of carbonyl (C=O) groups excluding carboxylic acids is 1. The normalized spacial score (nSPS) is 17.9. The Labute approximate surface area is 226 Å². The van der Waals surface area contributed by atoms with E-state index in [0.717, 1.165) is 0 Å². The van der Waals surface area contributed by atoms with Crippen molar-refractivity contribution >= 4 is 38.5 Å². The van der Waals surface area contributed by atoms with Crippen LogP contribution in [0.5, 0.6) is 0 Å². The van der Waals surface area contributed by atoms with Crippen molar-refractivity contribution in [1.82, 2.24) is 29.6 Å². The van der Waals surface area contributed by atoms with Crippen LogP contribution >= 0.6 is 11.3 Å². The highest BCUT2D eigenvalue weighted by molar-refractivity contribution is 7.89. The number of imidazole rings is 1. The summed E-state index contributed by atoms with van der Waals surface area (Å²) >= 11 is 0.307. The maximum atomic E-state index is 13.3. The molecule has 16 heteroatoms. The number of rotatable bonds is 7. The molecule has 1 aliphatic carbocycles. The molecule has 1 saturated carbocycles. The van der Waals surface area contributed by atoms with Crippen molar-refractivity contribution in [2.24, 2.45) is 5.92 Å². The summed E-state index contributed by atoms with van der Waals surface area (Å²) in [5.74, 6) is -0.183. The summed E-state index contributed by atoms with van der Waals surface area (Å²) in [6.45, 7) is 4.61. The van der Waals surface area contributed by atoms with Crippen LogP contribution in [0.1, 0.15) is 44.5 Å². The van der Waals surface area contributed by atoms with E-state index < -0.39 is 26.7 Å². The van der Waals surface area contributed by atoms with Gasteiger partial charge in [0.05, 0.1) is 23.5 Å². The van der Waals surface area contributed by atoms with E-state index in [0.29, 0.717) is 61.3 Å². The first-order valence-electron chi connectivity index (χ1n) is 12.2. The van der Waals surface area contributed by atoms with Crippen LogP contribution in [0.25, 0.3) is 16.3 Å². The average Bonchev–Trinajstić information content (AvgIpc) is 3.26. The maximum Gasteiger partial charge on any atom is 0.445 e. The zero-order valence-electron chi connectivity index (χ0n) is 21.0. The highest BCUT2D eigenvalue weighted by Gasteiger charge is 2.47. The minimum absolute atomic E-state index is 0.0109. The Kier molecular flexibility index (Phi) is 6.80. The van der Waals surface area contributed by atoms with Gasteiger partial charge < -0.3 is 10.2 Å². The quantitative estimate of drug-likeness (QED) is 0.433. The number of halogens is 3. The van der Waals surface area contributed by atoms with Crippen molar-refractivity contribution in [2.45, 2.75) is 62.2 Å². The highest BCUT2D eigenvalue weighted by Crippen LogP contribution is 2.38. The summed E-state index contributed by atoms with van der Waals surface area (Å²) in [7, 11) is -4.17. The summed E-state index contributed by atoms with van der Waals surface area (Å²) in [6.07, 6.45) is 0.0312. The molecule has 0 bridgehead atoms. The molecule has 1 aliphatic heterocycles. The first kappa shape index (κ1) is 27.3. The minimum Gasteiger partial charge on any atom is -0.370 e. The van der Waals surface area contributed by atoms with Crippen LogP contribution in [0.4, 0.5) is 18.9 Å². The first-order chi connectivity index (χ1) is 18.3. The lowest BCUT2D eigenvalue weighted by atomic mass is 10.0. The molecule has 39 heavy (non-hydrogen) atoms. The zero-order chi connectivity index (χ0) is 28.2. The van der Waals surface area contributed by atoms with Gasteiger partial charge in [0.1, 0.15) is 10.4 Å². The lowest BCUT2D eigenvalue weighted by Crippen LogP contribution is -2.46. The second-order valence-corrected chi connectivity index (χ2v) is 12.7. The van der Waals surface area contributed by atoms with Gasteiger partial charge in [-0.15, -0.1) is 10.2 Å². The molecule has 2 aliphatic rings. The number of pyridine rings is 1. The largest absolute Gasteiger partial charge is 0.445 e. The number of aromatic nitrogens is 4. The van der Waals surface area contributed by atoms with Crippen LogP contribution in [-0.4, -0.2) is 58.6 Å². The van der Waals surface area contributed by atoms with Gasteiger partial charge in [-0.1, -0.05) is 25.2 Å². The second-order valence-electron chi connectivity index (χ2n) is 10.0. The molecular weight excluding hydrogens is 557 g/mol. The third-order valence-corrected chi connectivity index (χ3v) is 9.23. The van der Waals surface area contributed by atoms with E-state index in [9.17, 15) is 31.6 Å². The van der Waals surface area contributed by atoms with Crippen LogP contribution in [0.15, 0.2) is 23.4 Å². The second kappa shape index (κ2) is 9.72. The van der Waals surface area contributed by atoms with Gasteiger partial charge in [0, 0.05) is 31.2 Å². The van der Waals surface area contributed by atoms with E-state index in [-0.39, 0.29) is 33.6 Å². The fourth-order valence-corrected chi connectivity index (χ4v) is 6.45. The monoisotopic (exact) mass is 582 g/mol. The molecule has 0 radical (unpaired) electrons. The van der Waals surface area contributed by atoms with Gasteiger partial charge in [-0.3, -0.25) is 9.20 Å². The van der Waals surface area contributed by atoms with Crippen molar-refractivity contribution in [1.29, 1.82) is 5.26 Å². The molecule has 4 heterocycles. The SMILES string of the molecule is CC(C)C(=O)NC1CCN(c2cc(S(=O)(=O)NC3(C#N)CC3)cn3c(-c4nnc(C(F)(F)F)s4)ncc23)CC1. The smallest absolute Gasteiger partial charge is 0.370 e. The fourth-order valence-electron chi connectivity index (χ4n) is 4.35. The van der Waals surface area contributed by atoms with Gasteiger partial charge in [0.2, 0.25) is 20.9 Å². The molecule has 0 unspecified atom stereocenters. The average molecular weight is 583 g/mol. The van der Waals surface area contributed by atoms with Crippen molar-refractivity contribution < 1.29 is 26.4 Å². The number of nitriles is 1. The van der Waals surface area contributed by atoms with E-state index >= 15 is 0 Å². The number of fused-ring (bicyclic) bond motifs is 1. The summed E-state index contributed by atoms with van der Waals surface area (Å²) in [5, 5.41) is 18.0. The maximum absolute atomic E-state index is 13.3. The van der Waals surface area contributed by atoms with Crippen LogP contribution in [-0.2, 0) is 21.0 Å². The number of carbonyl (C=O) groups is 1. The number of hydrogen-bond acceptors (Lipinski definition) is 9. The van der Waals surface area contributed by atoms with Gasteiger partial charge >= 0.3 is 6.18 Å². The van der Waals surface area contributed by atoms with Crippen molar-refractivity contribution in [3.8, 4) is 16.9 Å². The Bertz CT molecular complexity index is 1560. The van der Waals surface area contributed by atoms with Crippen LogP contribution in [0.3, 0.4) is 0 Å². The van der Waals surface area contributed by atoms with E-state index in [4.69, 9.17) is 0 Å². The van der Waals surface area contributed by atoms with Crippen LogP contribution in [0.2, 0.25) is 0 Å². The number of hydrogen-bond donors (Lipinski definition) is 2. The van der Waals surface area contributed by atoms with Crippen LogP contribution < -0.4 is 14.9 Å². The predicted octanol–water partition coefficient (Wildman–Crippen LogP) is 2.95. The summed E-state index contributed by atoms with van der Waals surface area (Å²) in [6, 6.07) is 3.44. The Balaban J connectivity index is 1.54. The molecule has 2 N–H and O–H groups in total. The fraction of sp³-hybridized carbons (Fsp3) is 0.522. The van der Waals surface area contributed by atoms with Gasteiger partial charge in [-0.2, -0.15) is 23.2 Å². The molecule has 11 nitrogen and oxygen atoms in total. The molecule has 0 aromatic carbocycles. The van der Waals surface area contributed by atoms with Crippen molar-refractivity contribution in [3.05, 3.63) is 23.5 Å². The van der Waals surface area contributed by atoms with Crippen LogP contribution in [0, 0.1) is 17.2 Å². The molecule has 2 fully saturated rings. The molecule has 1 amide bonds. The predicted molar refractivity (Wildman–Crippen MR) is 135 cm³/mol. The Hall–Kier alpha value is -3.29. The highest BCUT2D eigenvalue weighted by atomic mass is 32.2. The molecule has 3 aromatic heterocycles. The number of alkyl halides is 3. The molecule has 208 valence electrons. The van der Waals surface area contributed by atoms with Crippen molar-refractivity contribution in [2.75, 3.05) is 18.0 Å². The summed E-state index contributed by atoms with van der Waals surface area (Å²) < 4.78 is 70.0. The van der Waals surface area contributed by atoms with E-state index in [2.05, 4.69) is 25.2 Å². The third-order valence-electron chi connectivity index (χ3n) is 6.76. The number of nitrogens with one attached hydrogen (secondary N) is 2. The lowest BCUT2D eigenvalue weighted by molar-refractivity contribution is -0.138. The Morgan fingerprint density at radius 3 is 2.51 bits per heavy atom. The third kappa shape index (κ3) is 5.43. The molecule has 0 spiro atoms. The molecule has 3 aromatic rings. The molecule has 1 saturated heterocycles. The van der Waals surface area contributed by atoms with Gasteiger partial charge in [0.25, 0.3) is 0 Å². The van der Waals surface area contributed by atoms with Gasteiger partial charge in [-0.25, -0.2) is 13.4 Å². The van der Waals surface area contributed by atoms with E-state index in [1.807, 2.05) is 24.8 Å². The Morgan fingerprint density at radius 1 is 1.26 bits per heavy atom. The zero-order valence-corrected chi connectivity index (χ0v) is 22.6. The summed E-state index contributed by atoms with van der Waals surface area (Å²) in [4.78, 5) is 18.2. The summed E-state index contributed by atoms with van der Waals surface area (Å²) in [5.41, 5.74) is -0.189. The number of nitrogens with zero attached hydrogens (tertiary/aromatic N) is 6. The standard InChI is InChI=1S/C23H25F3N8O3S2/c1-13(2)19(35)29-14-3-7-33(8-4-14)16-9-15(39(36,37)32-22(12-27)5-6-22)11-34-17(16)10-28-18(34)20-30-31-21(38-20)23(24,25)26/h9-11,13-14,32H,3-8H2,1-2H3,(H,29,35). The van der Waals surface area contributed by atoms with E-state index in [1.54, 1.807) is 0 Å². The minimum atomic E-state index is -4.68. The van der Waals surface area contributed by atoms with Crippen molar-refractivity contribution in [3.63, 3.8) is 0 Å². The van der Waals surface area contributed by atoms with Gasteiger partial charge in [-0.05, 0) is 31.7 Å². The molecule has 0 atom stereocenters. The lowest BCUT2D eigenvalue weighted by Gasteiger charge is -2.34. The first-order valence-corrected chi connectivity index (χ1v) is 14.5. The topological polar surface area (TPSA) is 145 Å². The number of amides is 1. The number of anilines is 1. The molecular formula is C23H25F3N8O3S2. The van der Waals surface area contributed by atoms with Gasteiger partial charge in [0.15, 0.2) is 10.8 Å². The van der Waals surface area contributed by atoms with E-state index in [1.165, 1.54) is 22.9 Å². The number of piperidine rings is 1.